The maximum atomic E-state index is 4.69. The molecule has 25 heavy (non-hydrogen) atoms. The monoisotopic (exact) mass is 331 g/mol. The minimum absolute atomic E-state index is 0.857. The first-order chi connectivity index (χ1) is 12.1. The molecule has 4 rings (SSSR count). The second-order valence-electron chi connectivity index (χ2n) is 6.21. The first-order valence-corrected chi connectivity index (χ1v) is 8.33. The van der Waals surface area contributed by atoms with Crippen LogP contribution in [0.5, 0.6) is 0 Å². The molecule has 2 N–H and O–H groups in total. The van der Waals surface area contributed by atoms with Gasteiger partial charge in [-0.25, -0.2) is 4.68 Å². The van der Waals surface area contributed by atoms with E-state index in [4.69, 9.17) is 0 Å². The summed E-state index contributed by atoms with van der Waals surface area (Å²) in [6.45, 7) is 4.13. The van der Waals surface area contributed by atoms with E-state index in [1.165, 1.54) is 0 Å². The van der Waals surface area contributed by atoms with Gasteiger partial charge in [0.15, 0.2) is 5.49 Å². The second-order valence-corrected chi connectivity index (χ2v) is 6.21. The zero-order chi connectivity index (χ0) is 17.4. The van der Waals surface area contributed by atoms with Crippen molar-refractivity contribution in [1.82, 2.24) is 14.3 Å². The number of aryl methyl sites for hydroxylation is 2. The van der Waals surface area contributed by atoms with Crippen molar-refractivity contribution in [2.75, 3.05) is 5.43 Å². The van der Waals surface area contributed by atoms with Crippen LogP contribution in [0.3, 0.4) is 0 Å². The van der Waals surface area contributed by atoms with Crippen LogP contribution in [0.1, 0.15) is 11.4 Å². The molecule has 0 unspecified atom stereocenters. The number of hydrogen-bond donors (Lipinski definition) is 2. The first kappa shape index (κ1) is 15.3. The van der Waals surface area contributed by atoms with Gasteiger partial charge in [0.05, 0.1) is 11.4 Å². The summed E-state index contributed by atoms with van der Waals surface area (Å²) >= 11 is 0. The Hall–Kier alpha value is -3.21. The molecule has 4 aromatic rings. The predicted molar refractivity (Wildman–Crippen MR) is 102 cm³/mol. The first-order valence-electron chi connectivity index (χ1n) is 8.33. The van der Waals surface area contributed by atoms with Crippen LogP contribution in [0.25, 0.3) is 16.6 Å². The Morgan fingerprint density at radius 3 is 2.48 bits per heavy atom. The maximum absolute atomic E-state index is 4.69. The number of nitrogens with zero attached hydrogens (tertiary/aromatic N) is 3. The highest BCUT2D eigenvalue weighted by Crippen LogP contribution is 2.26. The molecular weight excluding hydrogens is 310 g/mol. The van der Waals surface area contributed by atoms with Gasteiger partial charge < -0.3 is 4.98 Å². The molecule has 0 aliphatic rings. The van der Waals surface area contributed by atoms with Crippen molar-refractivity contribution in [2.24, 2.45) is 12.1 Å². The summed E-state index contributed by atoms with van der Waals surface area (Å²) in [5, 5.41) is 5.83. The fourth-order valence-corrected chi connectivity index (χ4v) is 3.14. The van der Waals surface area contributed by atoms with Gasteiger partial charge in [0.2, 0.25) is 0 Å². The Morgan fingerprint density at radius 1 is 0.960 bits per heavy atom. The van der Waals surface area contributed by atoms with Gasteiger partial charge in [-0.15, -0.1) is 0 Å². The number of fused-ring (bicyclic) bond motifs is 1. The van der Waals surface area contributed by atoms with Crippen molar-refractivity contribution in [2.45, 2.75) is 13.8 Å². The van der Waals surface area contributed by atoms with Gasteiger partial charge in [0.1, 0.15) is 0 Å². The highest BCUT2D eigenvalue weighted by atomic mass is 15.4. The lowest BCUT2D eigenvalue weighted by Crippen LogP contribution is -2.21. The van der Waals surface area contributed by atoms with E-state index in [2.05, 4.69) is 69.1 Å². The van der Waals surface area contributed by atoms with Gasteiger partial charge in [0, 0.05) is 35.4 Å². The van der Waals surface area contributed by atoms with Gasteiger partial charge in [-0.2, -0.15) is 5.10 Å². The Bertz CT molecular complexity index is 1100. The quantitative estimate of drug-likeness (QED) is 0.551. The van der Waals surface area contributed by atoms with Crippen LogP contribution in [0.4, 0.5) is 5.69 Å². The molecule has 0 aliphatic heterocycles. The molecule has 0 amide bonds. The van der Waals surface area contributed by atoms with Crippen molar-refractivity contribution in [3.05, 3.63) is 77.5 Å². The van der Waals surface area contributed by atoms with E-state index >= 15 is 0 Å². The number of aromatic amines is 1. The van der Waals surface area contributed by atoms with E-state index in [0.717, 1.165) is 39.2 Å². The maximum Gasteiger partial charge on any atom is 0.173 e. The van der Waals surface area contributed by atoms with Gasteiger partial charge in [-0.1, -0.05) is 36.4 Å². The number of hydrogen-bond acceptors (Lipinski definition) is 2. The number of aromatic nitrogens is 3. The van der Waals surface area contributed by atoms with Crippen LogP contribution >= 0.6 is 0 Å². The topological polar surface area (TPSA) is 50.0 Å². The lowest BCUT2D eigenvalue weighted by molar-refractivity contribution is 0.622. The van der Waals surface area contributed by atoms with Gasteiger partial charge in [-0.3, -0.25) is 10.1 Å². The molecule has 2 aromatic heterocycles. The summed E-state index contributed by atoms with van der Waals surface area (Å²) in [6.07, 6.45) is 0. The highest BCUT2D eigenvalue weighted by Gasteiger charge is 2.08. The summed E-state index contributed by atoms with van der Waals surface area (Å²) in [5.74, 6) is 0. The molecule has 5 heteroatoms. The molecule has 126 valence electrons. The van der Waals surface area contributed by atoms with Crippen LogP contribution in [-0.2, 0) is 7.05 Å². The van der Waals surface area contributed by atoms with Crippen LogP contribution in [0.2, 0.25) is 0 Å². The van der Waals surface area contributed by atoms with E-state index in [-0.39, 0.29) is 0 Å². The summed E-state index contributed by atoms with van der Waals surface area (Å²) in [7, 11) is 2.04. The molecule has 0 spiro atoms. The highest BCUT2D eigenvalue weighted by molar-refractivity contribution is 5.94. The Balaban J connectivity index is 1.83. The molecule has 0 radical (unpaired) electrons. The number of benzene rings is 2. The fraction of sp³-hybridized carbons (Fsp3) is 0.150. The Morgan fingerprint density at radius 2 is 1.68 bits per heavy atom. The molecule has 0 fully saturated rings. The number of nitrogens with one attached hydrogen (secondary N) is 2. The molecule has 2 aromatic carbocycles. The summed E-state index contributed by atoms with van der Waals surface area (Å²) in [6, 6.07) is 20.6. The summed E-state index contributed by atoms with van der Waals surface area (Å²) < 4.78 is 4.18. The molecule has 0 aliphatic carbocycles. The van der Waals surface area contributed by atoms with E-state index in [1.807, 2.05) is 37.4 Å². The van der Waals surface area contributed by atoms with Crippen molar-refractivity contribution >= 4 is 16.6 Å². The zero-order valence-corrected chi connectivity index (χ0v) is 14.6. The number of para-hydroxylation sites is 2. The molecule has 0 bridgehead atoms. The average molecular weight is 331 g/mol. The Labute approximate surface area is 146 Å². The summed E-state index contributed by atoms with van der Waals surface area (Å²) in [4.78, 5) is 3.39. The van der Waals surface area contributed by atoms with E-state index in [9.17, 15) is 0 Å². The summed E-state index contributed by atoms with van der Waals surface area (Å²) in [5.41, 5.74) is 9.53. The molecule has 2 heterocycles. The third-order valence-corrected chi connectivity index (χ3v) is 4.54. The van der Waals surface area contributed by atoms with Gasteiger partial charge in [0.25, 0.3) is 0 Å². The molecule has 5 nitrogen and oxygen atoms in total. The standard InChI is InChI=1S/C20H21N5/c1-14-13-19(25(24(14)3)16-9-5-4-6-10-16)22-23-20-15(2)21-18-12-8-7-11-17(18)20/h4-13,21,23H,1-3H3. The predicted octanol–water partition coefficient (Wildman–Crippen LogP) is 3.84. The fourth-order valence-electron chi connectivity index (χ4n) is 3.14. The van der Waals surface area contributed by atoms with Crippen molar-refractivity contribution in [3.8, 4) is 5.69 Å². The van der Waals surface area contributed by atoms with Crippen LogP contribution < -0.4 is 10.9 Å². The molecule has 0 atom stereocenters. The minimum Gasteiger partial charge on any atom is -0.357 e. The SMILES string of the molecule is Cc1[nH]c2ccccc2c1NN=c1cc(C)n(C)n1-c1ccccc1. The number of anilines is 1. The van der Waals surface area contributed by atoms with Crippen LogP contribution in [0.15, 0.2) is 65.8 Å². The van der Waals surface area contributed by atoms with E-state index in [0.29, 0.717) is 0 Å². The third-order valence-electron chi connectivity index (χ3n) is 4.54. The van der Waals surface area contributed by atoms with E-state index in [1.54, 1.807) is 0 Å². The Kier molecular flexibility index (Phi) is 3.69. The molecule has 0 saturated heterocycles. The van der Waals surface area contributed by atoms with Crippen molar-refractivity contribution in [3.63, 3.8) is 0 Å². The largest absolute Gasteiger partial charge is 0.357 e. The smallest absolute Gasteiger partial charge is 0.173 e. The molecular formula is C20H21N5. The number of H-pyrrole nitrogens is 1. The van der Waals surface area contributed by atoms with E-state index < -0.39 is 0 Å². The zero-order valence-electron chi connectivity index (χ0n) is 14.6. The van der Waals surface area contributed by atoms with Gasteiger partial charge in [-0.05, 0) is 32.0 Å². The van der Waals surface area contributed by atoms with Crippen molar-refractivity contribution in [1.29, 1.82) is 0 Å². The van der Waals surface area contributed by atoms with Crippen LogP contribution in [0, 0.1) is 13.8 Å². The average Bonchev–Trinajstić information content (AvgIpc) is 3.10. The normalized spacial score (nSPS) is 12.0. The minimum atomic E-state index is 0.857. The second kappa shape index (κ2) is 6.02. The van der Waals surface area contributed by atoms with Crippen LogP contribution in [-0.4, -0.2) is 14.3 Å². The lowest BCUT2D eigenvalue weighted by atomic mass is 10.2. The van der Waals surface area contributed by atoms with Gasteiger partial charge >= 0.3 is 0 Å². The lowest BCUT2D eigenvalue weighted by Gasteiger charge is -2.09. The third kappa shape index (κ3) is 2.63. The number of rotatable bonds is 3. The molecule has 0 saturated carbocycles. The van der Waals surface area contributed by atoms with Crippen molar-refractivity contribution < 1.29 is 0 Å².